The Kier molecular flexibility index (Phi) is 4.94. The fraction of sp³-hybridized carbons (Fsp3) is 0.188. The van der Waals surface area contributed by atoms with E-state index in [0.717, 1.165) is 15.8 Å². The van der Waals surface area contributed by atoms with E-state index in [0.29, 0.717) is 17.9 Å². The summed E-state index contributed by atoms with van der Waals surface area (Å²) in [4.78, 5) is 24.7. The van der Waals surface area contributed by atoms with E-state index in [4.69, 9.17) is 4.74 Å². The van der Waals surface area contributed by atoms with E-state index >= 15 is 0 Å². The summed E-state index contributed by atoms with van der Waals surface area (Å²) in [7, 11) is 1.46. The molecule has 134 valence electrons. The van der Waals surface area contributed by atoms with Gasteiger partial charge in [-0.15, -0.1) is 10.2 Å². The van der Waals surface area contributed by atoms with Gasteiger partial charge >= 0.3 is 0 Å². The topological polar surface area (TPSA) is 119 Å². The molecule has 3 aromatic rings. The number of amides is 1. The first-order chi connectivity index (χ1) is 12.5. The molecule has 2 heterocycles. The number of ether oxygens (including phenoxy) is 1. The number of carbonyl (C=O) groups is 1. The SMILES string of the molecule is CCc1nnc(NC(=O)c2nn(-c3ccccc3OC)c(=O)cc2O)s1. The lowest BCUT2D eigenvalue weighted by molar-refractivity contribution is 0.101. The van der Waals surface area contributed by atoms with Crippen molar-refractivity contribution in [1.82, 2.24) is 20.0 Å². The zero-order chi connectivity index (χ0) is 18.7. The average Bonchev–Trinajstić information content (AvgIpc) is 3.09. The molecule has 9 nitrogen and oxygen atoms in total. The molecule has 10 heteroatoms. The van der Waals surface area contributed by atoms with Crippen LogP contribution in [-0.2, 0) is 6.42 Å². The maximum Gasteiger partial charge on any atom is 0.281 e. The molecule has 0 saturated heterocycles. The van der Waals surface area contributed by atoms with Crippen molar-refractivity contribution in [3.8, 4) is 17.2 Å². The Balaban J connectivity index is 2.00. The lowest BCUT2D eigenvalue weighted by atomic mass is 10.3. The van der Waals surface area contributed by atoms with Crippen molar-refractivity contribution in [2.45, 2.75) is 13.3 Å². The van der Waals surface area contributed by atoms with Crippen molar-refractivity contribution in [2.75, 3.05) is 12.4 Å². The minimum Gasteiger partial charge on any atom is -0.505 e. The number of para-hydroxylation sites is 2. The van der Waals surface area contributed by atoms with E-state index in [1.54, 1.807) is 24.3 Å². The molecule has 0 spiro atoms. The van der Waals surface area contributed by atoms with Crippen LogP contribution in [0.1, 0.15) is 22.4 Å². The molecular weight excluding hydrogens is 358 g/mol. The Hall–Kier alpha value is -3.27. The van der Waals surface area contributed by atoms with Crippen molar-refractivity contribution >= 4 is 22.4 Å². The Labute approximate surface area is 151 Å². The van der Waals surface area contributed by atoms with Crippen LogP contribution in [0.15, 0.2) is 35.1 Å². The van der Waals surface area contributed by atoms with E-state index in [9.17, 15) is 14.7 Å². The van der Waals surface area contributed by atoms with Gasteiger partial charge in [0, 0.05) is 6.07 Å². The molecule has 0 bridgehead atoms. The first kappa shape index (κ1) is 17.5. The standard InChI is InChI=1S/C16H15N5O4S/c1-3-12-18-19-16(26-12)17-15(24)14-10(22)8-13(23)21(20-14)9-6-4-5-7-11(9)25-2/h4-8,22H,3H2,1-2H3,(H,17,19,24). The quantitative estimate of drug-likeness (QED) is 0.697. The van der Waals surface area contributed by atoms with Gasteiger partial charge in [0.25, 0.3) is 11.5 Å². The number of hydrogen-bond donors (Lipinski definition) is 2. The smallest absolute Gasteiger partial charge is 0.281 e. The van der Waals surface area contributed by atoms with Gasteiger partial charge in [-0.2, -0.15) is 9.78 Å². The highest BCUT2D eigenvalue weighted by Crippen LogP contribution is 2.22. The van der Waals surface area contributed by atoms with E-state index in [1.165, 1.54) is 18.4 Å². The van der Waals surface area contributed by atoms with Crippen molar-refractivity contribution in [3.63, 3.8) is 0 Å². The maximum atomic E-state index is 12.4. The number of methoxy groups -OCH3 is 1. The number of aryl methyl sites for hydroxylation is 1. The lowest BCUT2D eigenvalue weighted by Gasteiger charge is -2.11. The number of nitrogens with one attached hydrogen (secondary N) is 1. The second kappa shape index (κ2) is 7.31. The molecular formula is C16H15N5O4S. The maximum absolute atomic E-state index is 12.4. The normalized spacial score (nSPS) is 10.5. The van der Waals surface area contributed by atoms with E-state index < -0.39 is 17.2 Å². The second-order valence-corrected chi connectivity index (χ2v) is 6.17. The summed E-state index contributed by atoms with van der Waals surface area (Å²) in [5, 5.41) is 25.3. The number of aromatic nitrogens is 4. The van der Waals surface area contributed by atoms with Crippen molar-refractivity contribution in [3.05, 3.63) is 51.4 Å². The minimum absolute atomic E-state index is 0.281. The molecule has 0 saturated carbocycles. The summed E-state index contributed by atoms with van der Waals surface area (Å²) in [6, 6.07) is 7.63. The molecule has 1 amide bonds. The second-order valence-electron chi connectivity index (χ2n) is 5.11. The molecule has 1 aromatic carbocycles. The fourth-order valence-corrected chi connectivity index (χ4v) is 2.86. The van der Waals surface area contributed by atoms with Gasteiger partial charge in [-0.3, -0.25) is 14.9 Å². The highest BCUT2D eigenvalue weighted by molar-refractivity contribution is 7.15. The molecule has 0 atom stereocenters. The number of carbonyl (C=O) groups excluding carboxylic acids is 1. The molecule has 0 aliphatic carbocycles. The molecule has 0 aliphatic heterocycles. The van der Waals surface area contributed by atoms with Crippen LogP contribution in [0.5, 0.6) is 11.5 Å². The minimum atomic E-state index is -0.704. The Morgan fingerprint density at radius 3 is 2.81 bits per heavy atom. The van der Waals surface area contributed by atoms with Gasteiger partial charge in [-0.1, -0.05) is 30.4 Å². The average molecular weight is 373 g/mol. The van der Waals surface area contributed by atoms with Gasteiger partial charge in [-0.05, 0) is 18.6 Å². The Morgan fingerprint density at radius 1 is 1.35 bits per heavy atom. The predicted octanol–water partition coefficient (Wildman–Crippen LogP) is 1.61. The van der Waals surface area contributed by atoms with Gasteiger partial charge in [0.15, 0.2) is 11.4 Å². The van der Waals surface area contributed by atoms with E-state index in [2.05, 4.69) is 20.6 Å². The van der Waals surface area contributed by atoms with Gasteiger partial charge < -0.3 is 9.84 Å². The summed E-state index contributed by atoms with van der Waals surface area (Å²) in [5.74, 6) is -0.834. The molecule has 2 aromatic heterocycles. The molecule has 2 N–H and O–H groups in total. The molecule has 0 radical (unpaired) electrons. The van der Waals surface area contributed by atoms with Crippen molar-refractivity contribution in [1.29, 1.82) is 0 Å². The van der Waals surface area contributed by atoms with E-state index in [1.807, 2.05) is 6.92 Å². The number of rotatable bonds is 5. The lowest BCUT2D eigenvalue weighted by Crippen LogP contribution is -2.25. The predicted molar refractivity (Wildman–Crippen MR) is 95.3 cm³/mol. The fourth-order valence-electron chi connectivity index (χ4n) is 2.19. The Morgan fingerprint density at radius 2 is 2.12 bits per heavy atom. The van der Waals surface area contributed by atoms with Crippen LogP contribution in [0.4, 0.5) is 5.13 Å². The number of benzene rings is 1. The third-order valence-electron chi connectivity index (χ3n) is 3.43. The van der Waals surface area contributed by atoms with Crippen LogP contribution in [0.25, 0.3) is 5.69 Å². The van der Waals surface area contributed by atoms with E-state index in [-0.39, 0.29) is 10.8 Å². The number of aromatic hydroxyl groups is 1. The van der Waals surface area contributed by atoms with Crippen LogP contribution in [-0.4, -0.2) is 38.1 Å². The number of anilines is 1. The number of hydrogen-bond acceptors (Lipinski definition) is 8. The van der Waals surface area contributed by atoms with Crippen molar-refractivity contribution in [2.24, 2.45) is 0 Å². The first-order valence-electron chi connectivity index (χ1n) is 7.64. The van der Waals surface area contributed by atoms with Gasteiger partial charge in [0.05, 0.1) is 7.11 Å². The molecule has 26 heavy (non-hydrogen) atoms. The van der Waals surface area contributed by atoms with Crippen LogP contribution < -0.4 is 15.6 Å². The van der Waals surface area contributed by atoms with Crippen LogP contribution in [0, 0.1) is 0 Å². The number of nitrogens with zero attached hydrogens (tertiary/aromatic N) is 4. The summed E-state index contributed by atoms with van der Waals surface area (Å²) < 4.78 is 6.21. The first-order valence-corrected chi connectivity index (χ1v) is 8.45. The highest BCUT2D eigenvalue weighted by Gasteiger charge is 2.19. The van der Waals surface area contributed by atoms with Crippen LogP contribution in [0.2, 0.25) is 0 Å². The summed E-state index contributed by atoms with van der Waals surface area (Å²) in [6.45, 7) is 1.92. The zero-order valence-corrected chi connectivity index (χ0v) is 14.8. The molecule has 0 unspecified atom stereocenters. The van der Waals surface area contributed by atoms with Gasteiger partial charge in [-0.25, -0.2) is 0 Å². The third kappa shape index (κ3) is 3.40. The largest absolute Gasteiger partial charge is 0.505 e. The third-order valence-corrected chi connectivity index (χ3v) is 4.41. The monoisotopic (exact) mass is 373 g/mol. The Bertz CT molecular complexity index is 1010. The summed E-state index contributed by atoms with van der Waals surface area (Å²) in [5.41, 5.74) is -0.574. The molecule has 0 aliphatic rings. The van der Waals surface area contributed by atoms with Gasteiger partial charge in [0.1, 0.15) is 16.4 Å². The summed E-state index contributed by atoms with van der Waals surface area (Å²) in [6.07, 6.45) is 0.690. The molecule has 0 fully saturated rings. The van der Waals surface area contributed by atoms with Crippen LogP contribution >= 0.6 is 11.3 Å². The highest BCUT2D eigenvalue weighted by atomic mass is 32.1. The zero-order valence-electron chi connectivity index (χ0n) is 14.0. The van der Waals surface area contributed by atoms with Gasteiger partial charge in [0.2, 0.25) is 5.13 Å². The molecule has 3 rings (SSSR count). The van der Waals surface area contributed by atoms with Crippen molar-refractivity contribution < 1.29 is 14.6 Å². The summed E-state index contributed by atoms with van der Waals surface area (Å²) >= 11 is 1.22. The van der Waals surface area contributed by atoms with Crippen LogP contribution in [0.3, 0.4) is 0 Å².